The molecule has 0 aliphatic rings. The summed E-state index contributed by atoms with van der Waals surface area (Å²) in [6.07, 6.45) is 1.61. The lowest BCUT2D eigenvalue weighted by Crippen LogP contribution is -2.04. The Morgan fingerprint density at radius 3 is 3.06 bits per heavy atom. The molecule has 0 radical (unpaired) electrons. The SMILES string of the molecule is CNc1nc(SCC(C)CO)c2[nH]cnc2n1. The van der Waals surface area contributed by atoms with Gasteiger partial charge in [-0.25, -0.2) is 9.97 Å². The van der Waals surface area contributed by atoms with Gasteiger partial charge in [0.1, 0.15) is 10.5 Å². The predicted octanol–water partition coefficient (Wildman–Crippen LogP) is 1.12. The molecule has 0 saturated carbocycles. The van der Waals surface area contributed by atoms with Gasteiger partial charge in [-0.05, 0) is 5.92 Å². The fraction of sp³-hybridized carbons (Fsp3) is 0.500. The molecule has 3 N–H and O–H groups in total. The first-order valence-electron chi connectivity index (χ1n) is 5.37. The zero-order valence-electron chi connectivity index (χ0n) is 9.77. The van der Waals surface area contributed by atoms with E-state index >= 15 is 0 Å². The van der Waals surface area contributed by atoms with Crippen molar-refractivity contribution in [2.24, 2.45) is 5.92 Å². The van der Waals surface area contributed by atoms with Crippen LogP contribution in [0.4, 0.5) is 5.95 Å². The highest BCUT2D eigenvalue weighted by molar-refractivity contribution is 7.99. The summed E-state index contributed by atoms with van der Waals surface area (Å²) in [7, 11) is 1.78. The first-order chi connectivity index (χ1) is 8.24. The molecule has 2 aromatic rings. The van der Waals surface area contributed by atoms with E-state index in [9.17, 15) is 0 Å². The highest BCUT2D eigenvalue weighted by Crippen LogP contribution is 2.25. The largest absolute Gasteiger partial charge is 0.396 e. The summed E-state index contributed by atoms with van der Waals surface area (Å²) in [5.41, 5.74) is 1.50. The zero-order chi connectivity index (χ0) is 12.3. The number of aliphatic hydroxyl groups is 1. The molecule has 1 unspecified atom stereocenters. The minimum absolute atomic E-state index is 0.184. The molecule has 17 heavy (non-hydrogen) atoms. The molecule has 0 saturated heterocycles. The van der Waals surface area contributed by atoms with Crippen LogP contribution in [0.3, 0.4) is 0 Å². The molecule has 6 nitrogen and oxygen atoms in total. The fourth-order valence-corrected chi connectivity index (χ4v) is 2.29. The van der Waals surface area contributed by atoms with E-state index in [1.807, 2.05) is 6.92 Å². The minimum atomic E-state index is 0.184. The van der Waals surface area contributed by atoms with Crippen molar-refractivity contribution >= 4 is 28.9 Å². The molecule has 2 rings (SSSR count). The maximum Gasteiger partial charge on any atom is 0.225 e. The lowest BCUT2D eigenvalue weighted by molar-refractivity contribution is 0.250. The van der Waals surface area contributed by atoms with Gasteiger partial charge in [0.15, 0.2) is 5.65 Å². The minimum Gasteiger partial charge on any atom is -0.396 e. The Morgan fingerprint density at radius 2 is 2.35 bits per heavy atom. The summed E-state index contributed by atoms with van der Waals surface area (Å²) in [6.45, 7) is 2.18. The number of fused-ring (bicyclic) bond motifs is 1. The van der Waals surface area contributed by atoms with Crippen LogP contribution in [0.5, 0.6) is 0 Å². The van der Waals surface area contributed by atoms with E-state index in [-0.39, 0.29) is 12.5 Å². The highest BCUT2D eigenvalue weighted by Gasteiger charge is 2.11. The van der Waals surface area contributed by atoms with Gasteiger partial charge in [-0.3, -0.25) is 0 Å². The average molecular weight is 253 g/mol. The lowest BCUT2D eigenvalue weighted by Gasteiger charge is -2.08. The monoisotopic (exact) mass is 253 g/mol. The van der Waals surface area contributed by atoms with Gasteiger partial charge in [0.2, 0.25) is 5.95 Å². The zero-order valence-corrected chi connectivity index (χ0v) is 10.6. The molecule has 0 aromatic carbocycles. The maximum atomic E-state index is 9.01. The molecule has 0 spiro atoms. The van der Waals surface area contributed by atoms with Crippen molar-refractivity contribution in [2.45, 2.75) is 11.9 Å². The van der Waals surface area contributed by atoms with E-state index in [0.29, 0.717) is 11.6 Å². The Bertz CT molecular complexity index is 500. The van der Waals surface area contributed by atoms with E-state index in [4.69, 9.17) is 5.11 Å². The predicted molar refractivity (Wildman–Crippen MR) is 68.2 cm³/mol. The van der Waals surface area contributed by atoms with Crippen LogP contribution in [-0.4, -0.2) is 44.4 Å². The van der Waals surface area contributed by atoms with Gasteiger partial charge in [-0.2, -0.15) is 4.98 Å². The Balaban J connectivity index is 2.27. The highest BCUT2D eigenvalue weighted by atomic mass is 32.2. The van der Waals surface area contributed by atoms with Crippen LogP contribution < -0.4 is 5.32 Å². The number of aromatic amines is 1. The molecule has 0 amide bonds. The third-order valence-corrected chi connectivity index (χ3v) is 3.60. The lowest BCUT2D eigenvalue weighted by atomic mass is 10.2. The van der Waals surface area contributed by atoms with Crippen LogP contribution in [0.25, 0.3) is 11.2 Å². The van der Waals surface area contributed by atoms with Gasteiger partial charge < -0.3 is 15.4 Å². The number of aliphatic hydroxyl groups excluding tert-OH is 1. The van der Waals surface area contributed by atoms with E-state index in [1.54, 1.807) is 25.1 Å². The number of anilines is 1. The van der Waals surface area contributed by atoms with Gasteiger partial charge >= 0.3 is 0 Å². The summed E-state index contributed by atoms with van der Waals surface area (Å²) in [4.78, 5) is 15.8. The molecule has 0 aliphatic carbocycles. The van der Waals surface area contributed by atoms with Crippen molar-refractivity contribution in [3.8, 4) is 0 Å². The van der Waals surface area contributed by atoms with Crippen LogP contribution in [0.1, 0.15) is 6.92 Å². The number of imidazole rings is 1. The number of H-pyrrole nitrogens is 1. The molecule has 2 heterocycles. The van der Waals surface area contributed by atoms with E-state index < -0.39 is 0 Å². The van der Waals surface area contributed by atoms with Crippen molar-refractivity contribution in [2.75, 3.05) is 24.7 Å². The maximum absolute atomic E-state index is 9.01. The van der Waals surface area contributed by atoms with Crippen molar-refractivity contribution in [3.63, 3.8) is 0 Å². The smallest absolute Gasteiger partial charge is 0.225 e. The van der Waals surface area contributed by atoms with Crippen LogP contribution in [0.15, 0.2) is 11.4 Å². The fourth-order valence-electron chi connectivity index (χ4n) is 1.30. The second kappa shape index (κ2) is 5.33. The average Bonchev–Trinajstić information content (AvgIpc) is 2.83. The number of rotatable bonds is 5. The second-order valence-electron chi connectivity index (χ2n) is 3.80. The Morgan fingerprint density at radius 1 is 1.53 bits per heavy atom. The third kappa shape index (κ3) is 2.67. The molecule has 0 bridgehead atoms. The normalized spacial score (nSPS) is 12.9. The molecule has 0 fully saturated rings. The van der Waals surface area contributed by atoms with Gasteiger partial charge in [0.05, 0.1) is 6.33 Å². The molecule has 1 atom stereocenters. The van der Waals surface area contributed by atoms with Crippen molar-refractivity contribution in [1.29, 1.82) is 0 Å². The molecule has 92 valence electrons. The molecule has 2 aromatic heterocycles. The quantitative estimate of drug-likeness (QED) is 0.546. The Kier molecular flexibility index (Phi) is 3.80. The molecule has 0 aliphatic heterocycles. The third-order valence-electron chi connectivity index (χ3n) is 2.29. The number of aromatic nitrogens is 4. The number of nitrogens with zero attached hydrogens (tertiary/aromatic N) is 3. The van der Waals surface area contributed by atoms with E-state index in [0.717, 1.165) is 16.3 Å². The van der Waals surface area contributed by atoms with Gasteiger partial charge in [-0.1, -0.05) is 6.92 Å². The van der Waals surface area contributed by atoms with Gasteiger partial charge in [0.25, 0.3) is 0 Å². The van der Waals surface area contributed by atoms with Gasteiger partial charge in [0, 0.05) is 19.4 Å². The van der Waals surface area contributed by atoms with Crippen molar-refractivity contribution in [3.05, 3.63) is 6.33 Å². The van der Waals surface area contributed by atoms with Crippen molar-refractivity contribution < 1.29 is 5.11 Å². The topological polar surface area (TPSA) is 86.7 Å². The Labute approximate surface area is 103 Å². The summed E-state index contributed by atoms with van der Waals surface area (Å²) in [5.74, 6) is 1.61. The Hall–Kier alpha value is -1.34. The number of hydrogen-bond donors (Lipinski definition) is 3. The van der Waals surface area contributed by atoms with Gasteiger partial charge in [-0.15, -0.1) is 11.8 Å². The van der Waals surface area contributed by atoms with E-state index in [1.165, 1.54) is 0 Å². The van der Waals surface area contributed by atoms with Crippen molar-refractivity contribution in [1.82, 2.24) is 19.9 Å². The molecular weight excluding hydrogens is 238 g/mol. The first kappa shape index (κ1) is 12.1. The van der Waals surface area contributed by atoms with Crippen LogP contribution in [-0.2, 0) is 0 Å². The first-order valence-corrected chi connectivity index (χ1v) is 6.35. The van der Waals surface area contributed by atoms with Crippen LogP contribution >= 0.6 is 11.8 Å². The molecule has 7 heteroatoms. The van der Waals surface area contributed by atoms with Crippen LogP contribution in [0.2, 0.25) is 0 Å². The summed E-state index contributed by atoms with van der Waals surface area (Å²) in [6, 6.07) is 0. The summed E-state index contributed by atoms with van der Waals surface area (Å²) < 4.78 is 0. The number of thioether (sulfide) groups is 1. The van der Waals surface area contributed by atoms with Crippen LogP contribution in [0, 0.1) is 5.92 Å². The number of nitrogens with one attached hydrogen (secondary N) is 2. The summed E-state index contributed by atoms with van der Waals surface area (Å²) >= 11 is 1.59. The molecular formula is C10H15N5OS. The van der Waals surface area contributed by atoms with E-state index in [2.05, 4.69) is 25.3 Å². The standard InChI is InChI=1S/C10H15N5OS/c1-6(3-16)4-17-9-7-8(13-5-12-7)14-10(11-2)15-9/h5-6,16H,3-4H2,1-2H3,(H2,11,12,13,14,15). The number of hydrogen-bond acceptors (Lipinski definition) is 6. The second-order valence-corrected chi connectivity index (χ2v) is 4.81. The summed E-state index contributed by atoms with van der Waals surface area (Å²) in [5, 5.41) is 12.8.